The van der Waals surface area contributed by atoms with Gasteiger partial charge in [0.25, 0.3) is 0 Å². The Bertz CT molecular complexity index is 119. The smallest absolute Gasteiger partial charge is 0.322 e. The molecule has 68 valence electrons. The highest BCUT2D eigenvalue weighted by molar-refractivity contribution is 5.85. The van der Waals surface area contributed by atoms with Gasteiger partial charge in [0, 0.05) is 0 Å². The van der Waals surface area contributed by atoms with Gasteiger partial charge >= 0.3 is 5.97 Å². The van der Waals surface area contributed by atoms with Crippen LogP contribution in [-0.2, 0) is 9.53 Å². The van der Waals surface area contributed by atoms with Crippen molar-refractivity contribution in [2.24, 2.45) is 11.7 Å². The number of carbonyl (C=O) groups is 1. The molecule has 2 unspecified atom stereocenters. The summed E-state index contributed by atoms with van der Waals surface area (Å²) in [4.78, 5) is 10.8. The van der Waals surface area contributed by atoms with Gasteiger partial charge in [-0.3, -0.25) is 4.79 Å². The lowest BCUT2D eigenvalue weighted by Crippen LogP contribution is -2.37. The van der Waals surface area contributed by atoms with E-state index in [2.05, 4.69) is 4.74 Å². The van der Waals surface area contributed by atoms with Crippen molar-refractivity contribution in [2.45, 2.75) is 26.3 Å². The Labute approximate surface area is 73.7 Å². The molecule has 0 aliphatic rings. The van der Waals surface area contributed by atoms with Crippen molar-refractivity contribution in [3.63, 3.8) is 0 Å². The van der Waals surface area contributed by atoms with Crippen molar-refractivity contribution in [3.8, 4) is 0 Å². The summed E-state index contributed by atoms with van der Waals surface area (Å²) in [7, 11) is 1.35. The lowest BCUT2D eigenvalue weighted by atomic mass is 10.0. The van der Waals surface area contributed by atoms with Crippen molar-refractivity contribution in [2.75, 3.05) is 7.11 Å². The lowest BCUT2D eigenvalue weighted by Gasteiger charge is -2.14. The molecule has 0 aliphatic carbocycles. The first-order valence-electron chi connectivity index (χ1n) is 3.46. The molecule has 0 saturated heterocycles. The zero-order valence-corrected chi connectivity index (χ0v) is 7.98. The van der Waals surface area contributed by atoms with Crippen molar-refractivity contribution < 1.29 is 9.53 Å². The molecule has 0 aromatic heterocycles. The molecule has 11 heavy (non-hydrogen) atoms. The number of hydrogen-bond donors (Lipinski definition) is 1. The van der Waals surface area contributed by atoms with E-state index < -0.39 is 6.04 Å². The minimum absolute atomic E-state index is 0. The maximum atomic E-state index is 10.8. The number of esters is 1. The van der Waals surface area contributed by atoms with Crippen molar-refractivity contribution in [3.05, 3.63) is 0 Å². The van der Waals surface area contributed by atoms with E-state index in [9.17, 15) is 4.79 Å². The number of nitrogens with two attached hydrogens (primary N) is 1. The fourth-order valence-corrected chi connectivity index (χ4v) is 0.622. The Morgan fingerprint density at radius 1 is 1.64 bits per heavy atom. The van der Waals surface area contributed by atoms with Crippen LogP contribution in [0.4, 0.5) is 0 Å². The fourth-order valence-electron chi connectivity index (χ4n) is 0.622. The summed E-state index contributed by atoms with van der Waals surface area (Å²) in [6.45, 7) is 3.93. The average molecular weight is 182 g/mol. The summed E-state index contributed by atoms with van der Waals surface area (Å²) < 4.78 is 4.47. The van der Waals surface area contributed by atoms with E-state index in [4.69, 9.17) is 5.73 Å². The van der Waals surface area contributed by atoms with Crippen LogP contribution >= 0.6 is 12.4 Å². The number of carbonyl (C=O) groups excluding carboxylic acids is 1. The molecule has 2 atom stereocenters. The number of rotatable bonds is 3. The van der Waals surface area contributed by atoms with Crippen LogP contribution in [0.5, 0.6) is 0 Å². The Morgan fingerprint density at radius 2 is 2.09 bits per heavy atom. The molecule has 3 nitrogen and oxygen atoms in total. The minimum Gasteiger partial charge on any atom is -0.468 e. The summed E-state index contributed by atoms with van der Waals surface area (Å²) in [5.41, 5.74) is 5.51. The van der Waals surface area contributed by atoms with E-state index in [1.807, 2.05) is 13.8 Å². The minimum atomic E-state index is -0.463. The molecule has 0 aromatic rings. The van der Waals surface area contributed by atoms with Crippen LogP contribution in [0.1, 0.15) is 20.3 Å². The predicted molar refractivity (Wildman–Crippen MR) is 46.7 cm³/mol. The Balaban J connectivity index is 0. The standard InChI is InChI=1S/C7H15NO2.ClH/c1-4-5(2)6(8)7(9)10-3;/h5-6H,4,8H2,1-3H3;1H. The zero-order chi connectivity index (χ0) is 8.15. The van der Waals surface area contributed by atoms with Gasteiger partial charge in [-0.15, -0.1) is 12.4 Å². The van der Waals surface area contributed by atoms with Gasteiger partial charge in [-0.2, -0.15) is 0 Å². The number of halogens is 1. The molecule has 0 spiro atoms. The third-order valence-electron chi connectivity index (χ3n) is 1.73. The molecule has 0 aliphatic heterocycles. The second-order valence-corrected chi connectivity index (χ2v) is 2.43. The topological polar surface area (TPSA) is 52.3 Å². The molecular formula is C7H16ClNO2. The van der Waals surface area contributed by atoms with Crippen LogP contribution in [0.25, 0.3) is 0 Å². The average Bonchev–Trinajstić information content (AvgIpc) is 2.00. The van der Waals surface area contributed by atoms with Crippen LogP contribution in [0.3, 0.4) is 0 Å². The maximum Gasteiger partial charge on any atom is 0.322 e. The highest BCUT2D eigenvalue weighted by Crippen LogP contribution is 2.05. The van der Waals surface area contributed by atoms with E-state index in [-0.39, 0.29) is 24.3 Å². The predicted octanol–water partition coefficient (Wildman–Crippen LogP) is 0.955. The summed E-state index contributed by atoms with van der Waals surface area (Å²) >= 11 is 0. The highest BCUT2D eigenvalue weighted by Gasteiger charge is 2.19. The zero-order valence-electron chi connectivity index (χ0n) is 7.16. The molecule has 0 amide bonds. The molecule has 4 heteroatoms. The van der Waals surface area contributed by atoms with E-state index in [1.54, 1.807) is 0 Å². The SMILES string of the molecule is CCC(C)C(N)C(=O)OC.Cl. The normalized spacial score (nSPS) is 14.5. The summed E-state index contributed by atoms with van der Waals surface area (Å²) in [6.07, 6.45) is 0.899. The molecular weight excluding hydrogens is 166 g/mol. The quantitative estimate of drug-likeness (QED) is 0.660. The Hall–Kier alpha value is -0.280. The van der Waals surface area contributed by atoms with Crippen molar-refractivity contribution in [1.82, 2.24) is 0 Å². The van der Waals surface area contributed by atoms with Crippen LogP contribution < -0.4 is 5.73 Å². The van der Waals surface area contributed by atoms with E-state index in [0.717, 1.165) is 6.42 Å². The summed E-state index contributed by atoms with van der Waals surface area (Å²) in [6, 6.07) is -0.463. The van der Waals surface area contributed by atoms with Crippen LogP contribution in [0.2, 0.25) is 0 Å². The first-order valence-corrected chi connectivity index (χ1v) is 3.46. The fraction of sp³-hybridized carbons (Fsp3) is 0.857. The van der Waals surface area contributed by atoms with Gasteiger partial charge in [-0.05, 0) is 5.92 Å². The van der Waals surface area contributed by atoms with Gasteiger partial charge in [0.2, 0.25) is 0 Å². The van der Waals surface area contributed by atoms with E-state index >= 15 is 0 Å². The number of ether oxygens (including phenoxy) is 1. The van der Waals surface area contributed by atoms with Gasteiger partial charge in [0.05, 0.1) is 7.11 Å². The molecule has 0 fully saturated rings. The van der Waals surface area contributed by atoms with Crippen LogP contribution in [0.15, 0.2) is 0 Å². The Kier molecular flexibility index (Phi) is 7.79. The van der Waals surface area contributed by atoms with Gasteiger partial charge in [0.15, 0.2) is 0 Å². The molecule has 0 radical (unpaired) electrons. The third-order valence-corrected chi connectivity index (χ3v) is 1.73. The Morgan fingerprint density at radius 3 is 2.36 bits per heavy atom. The van der Waals surface area contributed by atoms with Crippen LogP contribution in [0, 0.1) is 5.92 Å². The number of hydrogen-bond acceptors (Lipinski definition) is 3. The molecule has 0 bridgehead atoms. The van der Waals surface area contributed by atoms with Gasteiger partial charge in [-0.1, -0.05) is 20.3 Å². The molecule has 0 rings (SSSR count). The van der Waals surface area contributed by atoms with E-state index in [0.29, 0.717) is 0 Å². The summed E-state index contributed by atoms with van der Waals surface area (Å²) in [5.74, 6) is -0.123. The lowest BCUT2D eigenvalue weighted by molar-refractivity contribution is -0.143. The maximum absolute atomic E-state index is 10.8. The van der Waals surface area contributed by atoms with Gasteiger partial charge in [0.1, 0.15) is 6.04 Å². The van der Waals surface area contributed by atoms with Gasteiger partial charge < -0.3 is 10.5 Å². The largest absolute Gasteiger partial charge is 0.468 e. The van der Waals surface area contributed by atoms with Crippen molar-refractivity contribution >= 4 is 18.4 Å². The molecule has 0 heterocycles. The first-order chi connectivity index (χ1) is 4.63. The van der Waals surface area contributed by atoms with Gasteiger partial charge in [-0.25, -0.2) is 0 Å². The first kappa shape index (κ1) is 13.3. The molecule has 2 N–H and O–H groups in total. The second-order valence-electron chi connectivity index (χ2n) is 2.43. The molecule has 0 saturated carbocycles. The third kappa shape index (κ3) is 4.22. The monoisotopic (exact) mass is 181 g/mol. The van der Waals surface area contributed by atoms with Crippen LogP contribution in [-0.4, -0.2) is 19.1 Å². The van der Waals surface area contributed by atoms with Crippen molar-refractivity contribution in [1.29, 1.82) is 0 Å². The summed E-state index contributed by atoms with van der Waals surface area (Å²) in [5, 5.41) is 0. The van der Waals surface area contributed by atoms with E-state index in [1.165, 1.54) is 7.11 Å². The highest BCUT2D eigenvalue weighted by atomic mass is 35.5. The second kappa shape index (κ2) is 6.43. The number of methoxy groups -OCH3 is 1. The molecule has 0 aromatic carbocycles.